The summed E-state index contributed by atoms with van der Waals surface area (Å²) in [6.45, 7) is 8.05. The van der Waals surface area contributed by atoms with Crippen molar-refractivity contribution in [2.45, 2.75) is 26.8 Å². The summed E-state index contributed by atoms with van der Waals surface area (Å²) in [5.74, 6) is 0.425. The molecule has 1 aromatic carbocycles. The van der Waals surface area contributed by atoms with E-state index in [1.165, 1.54) is 0 Å². The molecule has 0 aliphatic carbocycles. The largest absolute Gasteiger partial charge is 0.507 e. The molecule has 0 amide bonds. The van der Waals surface area contributed by atoms with Crippen molar-refractivity contribution >= 4 is 15.9 Å². The number of hydrogen-bond donors (Lipinski definition) is 1. The summed E-state index contributed by atoms with van der Waals surface area (Å²) in [5, 5.41) is 10.1. The first-order chi connectivity index (χ1) is 8.93. The molecule has 0 atom stereocenters. The molecule has 0 aliphatic heterocycles. The highest BCUT2D eigenvalue weighted by Crippen LogP contribution is 2.27. The number of aryl methyl sites for hydroxylation is 1. The van der Waals surface area contributed by atoms with Crippen LogP contribution in [0.15, 0.2) is 16.6 Å². The van der Waals surface area contributed by atoms with Crippen molar-refractivity contribution in [3.63, 3.8) is 0 Å². The number of aromatic hydroxyl groups is 1. The van der Waals surface area contributed by atoms with Gasteiger partial charge in [0, 0.05) is 16.6 Å². The van der Waals surface area contributed by atoms with Crippen LogP contribution in [0.2, 0.25) is 0 Å². The van der Waals surface area contributed by atoms with E-state index in [0.29, 0.717) is 5.75 Å². The van der Waals surface area contributed by atoms with Crippen molar-refractivity contribution in [2.75, 3.05) is 33.7 Å². The molecule has 0 saturated carbocycles. The van der Waals surface area contributed by atoms with Crippen molar-refractivity contribution in [3.05, 3.63) is 27.7 Å². The maximum atomic E-state index is 10.1. The van der Waals surface area contributed by atoms with Gasteiger partial charge in [0.1, 0.15) is 5.75 Å². The summed E-state index contributed by atoms with van der Waals surface area (Å²) in [5.41, 5.74) is 1.92. The van der Waals surface area contributed by atoms with Crippen molar-refractivity contribution < 1.29 is 5.11 Å². The van der Waals surface area contributed by atoms with Crippen molar-refractivity contribution in [1.29, 1.82) is 0 Å². The van der Waals surface area contributed by atoms with Gasteiger partial charge >= 0.3 is 0 Å². The van der Waals surface area contributed by atoms with Crippen LogP contribution >= 0.6 is 15.9 Å². The zero-order valence-corrected chi connectivity index (χ0v) is 14.0. The van der Waals surface area contributed by atoms with Gasteiger partial charge in [0.2, 0.25) is 0 Å². The van der Waals surface area contributed by atoms with Gasteiger partial charge in [0.15, 0.2) is 0 Å². The van der Waals surface area contributed by atoms with Gasteiger partial charge < -0.3 is 10.0 Å². The highest BCUT2D eigenvalue weighted by molar-refractivity contribution is 9.10. The Morgan fingerprint density at radius 1 is 1.21 bits per heavy atom. The SMILES string of the molecule is CCN(CCCN(C)C)Cc1cc(Br)cc(C)c1O. The van der Waals surface area contributed by atoms with E-state index in [1.807, 2.05) is 19.1 Å². The summed E-state index contributed by atoms with van der Waals surface area (Å²) < 4.78 is 1.03. The van der Waals surface area contributed by atoms with Gasteiger partial charge in [0.05, 0.1) is 0 Å². The molecule has 1 aromatic rings. The van der Waals surface area contributed by atoms with Gasteiger partial charge in [-0.2, -0.15) is 0 Å². The smallest absolute Gasteiger partial charge is 0.123 e. The molecule has 0 spiro atoms. The number of benzene rings is 1. The predicted octanol–water partition coefficient (Wildman–Crippen LogP) is 3.24. The van der Waals surface area contributed by atoms with Gasteiger partial charge in [-0.25, -0.2) is 0 Å². The van der Waals surface area contributed by atoms with Gasteiger partial charge in [0.25, 0.3) is 0 Å². The fraction of sp³-hybridized carbons (Fsp3) is 0.600. The number of phenolic OH excluding ortho intramolecular Hbond substituents is 1. The van der Waals surface area contributed by atoms with E-state index >= 15 is 0 Å². The second kappa shape index (κ2) is 7.88. The van der Waals surface area contributed by atoms with E-state index in [9.17, 15) is 5.11 Å². The normalized spacial score (nSPS) is 11.5. The molecule has 0 radical (unpaired) electrons. The molecule has 0 fully saturated rings. The van der Waals surface area contributed by atoms with Crippen LogP contribution in [0.5, 0.6) is 5.75 Å². The molecule has 0 unspecified atom stereocenters. The van der Waals surface area contributed by atoms with Gasteiger partial charge in [-0.3, -0.25) is 4.90 Å². The van der Waals surface area contributed by atoms with E-state index in [4.69, 9.17) is 0 Å². The average Bonchev–Trinajstić information content (AvgIpc) is 2.33. The maximum absolute atomic E-state index is 10.1. The van der Waals surface area contributed by atoms with Gasteiger partial charge in [-0.05, 0) is 64.8 Å². The van der Waals surface area contributed by atoms with Crippen LogP contribution in [-0.2, 0) is 6.54 Å². The maximum Gasteiger partial charge on any atom is 0.123 e. The predicted molar refractivity (Wildman–Crippen MR) is 84.7 cm³/mol. The van der Waals surface area contributed by atoms with E-state index in [1.54, 1.807) is 0 Å². The molecule has 108 valence electrons. The lowest BCUT2D eigenvalue weighted by molar-refractivity contribution is 0.256. The van der Waals surface area contributed by atoms with Crippen LogP contribution in [0.3, 0.4) is 0 Å². The average molecular weight is 329 g/mol. The Bertz CT molecular complexity index is 407. The number of halogens is 1. The second-order valence-corrected chi connectivity index (χ2v) is 6.17. The lowest BCUT2D eigenvalue weighted by Gasteiger charge is -2.22. The van der Waals surface area contributed by atoms with E-state index < -0.39 is 0 Å². The number of nitrogens with zero attached hydrogens (tertiary/aromatic N) is 2. The molecule has 0 bridgehead atoms. The third kappa shape index (κ3) is 5.51. The van der Waals surface area contributed by atoms with Crippen molar-refractivity contribution in [3.8, 4) is 5.75 Å². The minimum Gasteiger partial charge on any atom is -0.507 e. The Morgan fingerprint density at radius 3 is 2.47 bits per heavy atom. The third-order valence-electron chi connectivity index (χ3n) is 3.27. The Labute approximate surface area is 125 Å². The van der Waals surface area contributed by atoms with Crippen molar-refractivity contribution in [1.82, 2.24) is 9.80 Å². The number of phenols is 1. The van der Waals surface area contributed by atoms with E-state index in [2.05, 4.69) is 46.7 Å². The lowest BCUT2D eigenvalue weighted by atomic mass is 10.1. The fourth-order valence-corrected chi connectivity index (χ4v) is 2.75. The molecule has 1 N–H and O–H groups in total. The highest BCUT2D eigenvalue weighted by Gasteiger charge is 2.10. The molecule has 0 aromatic heterocycles. The van der Waals surface area contributed by atoms with Gasteiger partial charge in [-0.15, -0.1) is 0 Å². The quantitative estimate of drug-likeness (QED) is 0.832. The Morgan fingerprint density at radius 2 is 1.89 bits per heavy atom. The monoisotopic (exact) mass is 328 g/mol. The summed E-state index contributed by atoms with van der Waals surface area (Å²) >= 11 is 3.49. The molecule has 0 saturated heterocycles. The second-order valence-electron chi connectivity index (χ2n) is 5.26. The van der Waals surface area contributed by atoms with Crippen molar-refractivity contribution in [2.24, 2.45) is 0 Å². The molecule has 1 rings (SSSR count). The summed E-state index contributed by atoms with van der Waals surface area (Å²) in [6, 6.07) is 3.96. The van der Waals surface area contributed by atoms with Crippen LogP contribution < -0.4 is 0 Å². The highest BCUT2D eigenvalue weighted by atomic mass is 79.9. The molecule has 0 aliphatic rings. The first kappa shape index (κ1) is 16.5. The zero-order valence-electron chi connectivity index (χ0n) is 12.4. The lowest BCUT2D eigenvalue weighted by Crippen LogP contribution is -2.27. The Balaban J connectivity index is 2.65. The van der Waals surface area contributed by atoms with Crippen LogP contribution in [0.1, 0.15) is 24.5 Å². The zero-order chi connectivity index (χ0) is 14.4. The third-order valence-corrected chi connectivity index (χ3v) is 3.72. The Hall–Kier alpha value is -0.580. The first-order valence-corrected chi connectivity index (χ1v) is 7.58. The summed E-state index contributed by atoms with van der Waals surface area (Å²) in [4.78, 5) is 4.57. The van der Waals surface area contributed by atoms with Crippen LogP contribution in [0, 0.1) is 6.92 Å². The standard InChI is InChI=1S/C15H25BrN2O/c1-5-18(8-6-7-17(3)4)11-13-10-14(16)9-12(2)15(13)19/h9-10,19H,5-8,11H2,1-4H3. The molecular weight excluding hydrogens is 304 g/mol. The fourth-order valence-electron chi connectivity index (χ4n) is 2.13. The number of rotatable bonds is 7. The van der Waals surface area contributed by atoms with Crippen LogP contribution in [0.25, 0.3) is 0 Å². The van der Waals surface area contributed by atoms with Gasteiger partial charge in [-0.1, -0.05) is 22.9 Å². The van der Waals surface area contributed by atoms with E-state index in [-0.39, 0.29) is 0 Å². The first-order valence-electron chi connectivity index (χ1n) is 6.79. The minimum atomic E-state index is 0.425. The van der Waals surface area contributed by atoms with Crippen LogP contribution in [0.4, 0.5) is 0 Å². The minimum absolute atomic E-state index is 0.425. The molecular formula is C15H25BrN2O. The summed E-state index contributed by atoms with van der Waals surface area (Å²) in [7, 11) is 4.19. The molecule has 4 heteroatoms. The molecule has 19 heavy (non-hydrogen) atoms. The summed E-state index contributed by atoms with van der Waals surface area (Å²) in [6.07, 6.45) is 1.15. The number of hydrogen-bond acceptors (Lipinski definition) is 3. The van der Waals surface area contributed by atoms with E-state index in [0.717, 1.165) is 48.2 Å². The molecule has 0 heterocycles. The molecule has 3 nitrogen and oxygen atoms in total. The Kier molecular flexibility index (Phi) is 6.83. The topological polar surface area (TPSA) is 26.7 Å². The van der Waals surface area contributed by atoms with Crippen LogP contribution in [-0.4, -0.2) is 48.6 Å².